The van der Waals surface area contributed by atoms with Crippen molar-refractivity contribution in [2.24, 2.45) is 0 Å². The summed E-state index contributed by atoms with van der Waals surface area (Å²) in [4.78, 5) is 26.4. The van der Waals surface area contributed by atoms with E-state index in [1.165, 1.54) is 10.4 Å². The summed E-state index contributed by atoms with van der Waals surface area (Å²) in [7, 11) is 0. The first-order valence-electron chi connectivity index (χ1n) is 7.29. The Morgan fingerprint density at radius 2 is 1.95 bits per heavy atom. The fourth-order valence-electron chi connectivity index (χ4n) is 2.68. The van der Waals surface area contributed by atoms with Crippen LogP contribution in [0.3, 0.4) is 0 Å². The van der Waals surface area contributed by atoms with E-state index in [0.29, 0.717) is 12.8 Å². The number of rotatable bonds is 4. The Morgan fingerprint density at radius 1 is 1.18 bits per heavy atom. The molecule has 0 spiro atoms. The average Bonchev–Trinajstić information content (AvgIpc) is 3.00. The molecule has 0 atom stereocenters. The van der Waals surface area contributed by atoms with Crippen LogP contribution in [0.25, 0.3) is 0 Å². The Morgan fingerprint density at radius 3 is 2.68 bits per heavy atom. The average molecular weight is 315 g/mol. The van der Waals surface area contributed by atoms with Gasteiger partial charge in [0, 0.05) is 24.4 Å². The largest absolute Gasteiger partial charge is 0.478 e. The zero-order chi connectivity index (χ0) is 15.5. The Kier molecular flexibility index (Phi) is 4.24. The third kappa shape index (κ3) is 3.20. The number of carboxylic acid groups (broad SMARTS) is 1. The van der Waals surface area contributed by atoms with Gasteiger partial charge in [0.2, 0.25) is 5.91 Å². The van der Waals surface area contributed by atoms with Crippen molar-refractivity contribution >= 4 is 23.2 Å². The number of benzene rings is 1. The SMILES string of the molecule is O=C(O)c1ccc(CCC(=O)N2CCc3sccc3C2)cc1. The second kappa shape index (κ2) is 6.32. The number of carbonyl (C=O) groups is 2. The van der Waals surface area contributed by atoms with E-state index in [1.54, 1.807) is 35.6 Å². The second-order valence-electron chi connectivity index (χ2n) is 5.44. The minimum absolute atomic E-state index is 0.166. The Labute approximate surface area is 133 Å². The zero-order valence-corrected chi connectivity index (χ0v) is 12.9. The van der Waals surface area contributed by atoms with Gasteiger partial charge >= 0.3 is 5.97 Å². The van der Waals surface area contributed by atoms with Crippen LogP contribution in [0.1, 0.15) is 32.8 Å². The zero-order valence-electron chi connectivity index (χ0n) is 12.1. The number of carboxylic acids is 1. The fraction of sp³-hybridized carbons (Fsp3) is 0.294. The number of aryl methyl sites for hydroxylation is 1. The van der Waals surface area contributed by atoms with E-state index in [9.17, 15) is 9.59 Å². The van der Waals surface area contributed by atoms with Crippen molar-refractivity contribution in [3.63, 3.8) is 0 Å². The molecule has 1 aliphatic rings. The van der Waals surface area contributed by atoms with Gasteiger partial charge < -0.3 is 10.0 Å². The van der Waals surface area contributed by atoms with Crippen molar-refractivity contribution in [1.82, 2.24) is 4.90 Å². The summed E-state index contributed by atoms with van der Waals surface area (Å²) in [5, 5.41) is 11.0. The summed E-state index contributed by atoms with van der Waals surface area (Å²) in [6.45, 7) is 1.51. The third-order valence-electron chi connectivity index (χ3n) is 3.99. The van der Waals surface area contributed by atoms with E-state index in [2.05, 4.69) is 11.4 Å². The molecule has 5 heteroatoms. The van der Waals surface area contributed by atoms with Gasteiger partial charge in [0.25, 0.3) is 0 Å². The quantitative estimate of drug-likeness (QED) is 0.943. The smallest absolute Gasteiger partial charge is 0.335 e. The molecule has 3 rings (SSSR count). The number of aromatic carboxylic acids is 1. The highest BCUT2D eigenvalue weighted by Gasteiger charge is 2.21. The number of thiophene rings is 1. The van der Waals surface area contributed by atoms with Crippen molar-refractivity contribution in [3.05, 3.63) is 57.3 Å². The molecular formula is C17H17NO3S. The minimum Gasteiger partial charge on any atom is -0.478 e. The molecule has 114 valence electrons. The highest BCUT2D eigenvalue weighted by Crippen LogP contribution is 2.24. The maximum atomic E-state index is 12.3. The molecule has 1 aliphatic heterocycles. The molecule has 1 N–H and O–H groups in total. The molecule has 0 unspecified atom stereocenters. The Balaban J connectivity index is 1.55. The van der Waals surface area contributed by atoms with Gasteiger partial charge in [0.15, 0.2) is 0 Å². The monoisotopic (exact) mass is 315 g/mol. The summed E-state index contributed by atoms with van der Waals surface area (Å²) in [5.41, 5.74) is 2.54. The van der Waals surface area contributed by atoms with E-state index < -0.39 is 5.97 Å². The van der Waals surface area contributed by atoms with E-state index in [4.69, 9.17) is 5.11 Å². The van der Waals surface area contributed by atoms with Crippen molar-refractivity contribution in [2.45, 2.75) is 25.8 Å². The molecule has 2 heterocycles. The molecule has 0 radical (unpaired) electrons. The first kappa shape index (κ1) is 14.8. The van der Waals surface area contributed by atoms with E-state index in [1.807, 2.05) is 4.90 Å². The Hall–Kier alpha value is -2.14. The highest BCUT2D eigenvalue weighted by atomic mass is 32.1. The number of fused-ring (bicyclic) bond motifs is 1. The van der Waals surface area contributed by atoms with Crippen molar-refractivity contribution < 1.29 is 14.7 Å². The summed E-state index contributed by atoms with van der Waals surface area (Å²) in [5.74, 6) is -0.762. The van der Waals surface area contributed by atoms with E-state index in [0.717, 1.165) is 25.1 Å². The van der Waals surface area contributed by atoms with Crippen molar-refractivity contribution in [2.75, 3.05) is 6.54 Å². The van der Waals surface area contributed by atoms with Gasteiger partial charge in [0.1, 0.15) is 0 Å². The minimum atomic E-state index is -0.928. The highest BCUT2D eigenvalue weighted by molar-refractivity contribution is 7.10. The van der Waals surface area contributed by atoms with Crippen LogP contribution < -0.4 is 0 Å². The molecule has 4 nitrogen and oxygen atoms in total. The molecule has 1 aromatic heterocycles. The maximum Gasteiger partial charge on any atom is 0.335 e. The molecule has 0 bridgehead atoms. The first-order valence-corrected chi connectivity index (χ1v) is 8.16. The van der Waals surface area contributed by atoms with Crippen LogP contribution in [0.2, 0.25) is 0 Å². The maximum absolute atomic E-state index is 12.3. The lowest BCUT2D eigenvalue weighted by Gasteiger charge is -2.27. The van der Waals surface area contributed by atoms with Gasteiger partial charge in [-0.1, -0.05) is 12.1 Å². The van der Waals surface area contributed by atoms with Gasteiger partial charge in [-0.05, 0) is 47.5 Å². The molecular weight excluding hydrogens is 298 g/mol. The van der Waals surface area contributed by atoms with Gasteiger partial charge in [0.05, 0.1) is 5.56 Å². The number of amides is 1. The fourth-order valence-corrected chi connectivity index (χ4v) is 3.57. The Bertz CT molecular complexity index is 690. The van der Waals surface area contributed by atoms with Crippen molar-refractivity contribution in [1.29, 1.82) is 0 Å². The molecule has 0 aliphatic carbocycles. The normalized spacial score (nSPS) is 13.7. The summed E-state index contributed by atoms with van der Waals surface area (Å²) < 4.78 is 0. The molecule has 1 amide bonds. The first-order chi connectivity index (χ1) is 10.6. The van der Waals surface area contributed by atoms with Crippen LogP contribution in [0, 0.1) is 0 Å². The lowest BCUT2D eigenvalue weighted by molar-refractivity contribution is -0.132. The van der Waals surface area contributed by atoms with Crippen LogP contribution in [-0.4, -0.2) is 28.4 Å². The third-order valence-corrected chi connectivity index (χ3v) is 5.01. The van der Waals surface area contributed by atoms with Crippen molar-refractivity contribution in [3.8, 4) is 0 Å². The number of nitrogens with zero attached hydrogens (tertiary/aromatic N) is 1. The number of hydrogen-bond acceptors (Lipinski definition) is 3. The summed E-state index contributed by atoms with van der Waals surface area (Å²) in [6.07, 6.45) is 2.06. The van der Waals surface area contributed by atoms with Crippen LogP contribution in [0.5, 0.6) is 0 Å². The van der Waals surface area contributed by atoms with Gasteiger partial charge in [-0.2, -0.15) is 0 Å². The lowest BCUT2D eigenvalue weighted by Crippen LogP contribution is -2.35. The molecule has 22 heavy (non-hydrogen) atoms. The van der Waals surface area contributed by atoms with Gasteiger partial charge in [-0.3, -0.25) is 4.79 Å². The standard InChI is InChI=1S/C17H17NO3S/c19-16(18-9-7-15-14(11-18)8-10-22-15)6-3-12-1-4-13(5-2-12)17(20)21/h1-2,4-5,8,10H,3,6-7,9,11H2,(H,20,21). The molecule has 0 saturated heterocycles. The van der Waals surface area contributed by atoms with Crippen LogP contribution in [-0.2, 0) is 24.2 Å². The summed E-state index contributed by atoms with van der Waals surface area (Å²) in [6, 6.07) is 8.83. The number of hydrogen-bond donors (Lipinski definition) is 1. The molecule has 0 saturated carbocycles. The molecule has 0 fully saturated rings. The summed E-state index contributed by atoms with van der Waals surface area (Å²) >= 11 is 1.77. The van der Waals surface area contributed by atoms with Gasteiger partial charge in [-0.15, -0.1) is 11.3 Å². The lowest BCUT2D eigenvalue weighted by atomic mass is 10.1. The topological polar surface area (TPSA) is 57.6 Å². The van der Waals surface area contributed by atoms with Crippen LogP contribution in [0.4, 0.5) is 0 Å². The van der Waals surface area contributed by atoms with Gasteiger partial charge in [-0.25, -0.2) is 4.79 Å². The molecule has 2 aromatic rings. The van der Waals surface area contributed by atoms with E-state index >= 15 is 0 Å². The van der Waals surface area contributed by atoms with E-state index in [-0.39, 0.29) is 11.5 Å². The van der Waals surface area contributed by atoms with Crippen LogP contribution in [0.15, 0.2) is 35.7 Å². The predicted octanol–water partition coefficient (Wildman–Crippen LogP) is 2.96. The van der Waals surface area contributed by atoms with Crippen LogP contribution >= 0.6 is 11.3 Å². The predicted molar refractivity (Wildman–Crippen MR) is 85.2 cm³/mol. The second-order valence-corrected chi connectivity index (χ2v) is 6.44. The molecule has 1 aromatic carbocycles. The number of carbonyl (C=O) groups excluding carboxylic acids is 1.